The van der Waals surface area contributed by atoms with E-state index in [-0.39, 0.29) is 5.91 Å². The Balaban J connectivity index is 1.79. The molecule has 0 unspecified atom stereocenters. The summed E-state index contributed by atoms with van der Waals surface area (Å²) in [7, 11) is 0. The van der Waals surface area contributed by atoms with Crippen LogP contribution in [0, 0.1) is 0 Å². The van der Waals surface area contributed by atoms with Crippen LogP contribution in [0.25, 0.3) is 0 Å². The molecule has 2 rings (SSSR count). The minimum absolute atomic E-state index is 0.0869. The van der Waals surface area contributed by atoms with E-state index in [2.05, 4.69) is 32.7 Å². The van der Waals surface area contributed by atoms with E-state index in [0.717, 1.165) is 37.1 Å². The predicted molar refractivity (Wildman–Crippen MR) is 72.9 cm³/mol. The lowest BCUT2D eigenvalue weighted by Gasteiger charge is -2.07. The molecule has 1 fully saturated rings. The molecule has 0 aliphatic heterocycles. The smallest absolute Gasteiger partial charge is 0.242 e. The Hall–Kier alpha value is -1.72. The van der Waals surface area contributed by atoms with Crippen LogP contribution in [0.5, 0.6) is 0 Å². The molecule has 6 heteroatoms. The maximum atomic E-state index is 11.5. The van der Waals surface area contributed by atoms with Crippen LogP contribution in [0.2, 0.25) is 0 Å². The van der Waals surface area contributed by atoms with Crippen molar-refractivity contribution >= 4 is 11.9 Å². The summed E-state index contributed by atoms with van der Waals surface area (Å²) in [6.45, 7) is 4.63. The zero-order valence-corrected chi connectivity index (χ0v) is 11.6. The Morgan fingerprint density at radius 1 is 1.21 bits per heavy atom. The Bertz CT molecular complexity index is 445. The van der Waals surface area contributed by atoms with E-state index < -0.39 is 0 Å². The number of carbonyl (C=O) groups is 1. The highest BCUT2D eigenvalue weighted by molar-refractivity contribution is 5.77. The zero-order valence-electron chi connectivity index (χ0n) is 11.6. The number of hydrogen-bond donors (Lipinski definition) is 2. The molecule has 19 heavy (non-hydrogen) atoms. The Labute approximate surface area is 113 Å². The summed E-state index contributed by atoms with van der Waals surface area (Å²) >= 11 is 0. The third kappa shape index (κ3) is 4.15. The van der Waals surface area contributed by atoms with Gasteiger partial charge in [-0.1, -0.05) is 13.8 Å². The number of amides is 1. The van der Waals surface area contributed by atoms with Crippen molar-refractivity contribution in [3.63, 3.8) is 0 Å². The lowest BCUT2D eigenvalue weighted by molar-refractivity contribution is -0.120. The van der Waals surface area contributed by atoms with Gasteiger partial charge in [-0.05, 0) is 25.7 Å². The van der Waals surface area contributed by atoms with E-state index in [9.17, 15) is 4.79 Å². The molecule has 0 bridgehead atoms. The van der Waals surface area contributed by atoms with E-state index in [1.165, 1.54) is 0 Å². The normalized spacial score (nSPS) is 14.2. The van der Waals surface area contributed by atoms with Crippen LogP contribution in [0.4, 0.5) is 5.95 Å². The standard InChI is InChI=1S/C13H21N5O/c1-3-10-11(4-2)17-18-13(16-10)14-8-7-12(19)15-9-5-6-9/h9H,3-8H2,1-2H3,(H,15,19)(H,14,16,18). The number of nitrogens with one attached hydrogen (secondary N) is 2. The first kappa shape index (κ1) is 13.7. The first-order valence-corrected chi connectivity index (χ1v) is 6.98. The topological polar surface area (TPSA) is 79.8 Å². The van der Waals surface area contributed by atoms with Crippen molar-refractivity contribution in [3.8, 4) is 0 Å². The van der Waals surface area contributed by atoms with Gasteiger partial charge in [0.2, 0.25) is 11.9 Å². The Kier molecular flexibility index (Phi) is 4.65. The van der Waals surface area contributed by atoms with Crippen LogP contribution < -0.4 is 10.6 Å². The molecule has 1 amide bonds. The fourth-order valence-corrected chi connectivity index (χ4v) is 1.83. The molecular weight excluding hydrogens is 242 g/mol. The quantitative estimate of drug-likeness (QED) is 0.769. The lowest BCUT2D eigenvalue weighted by Crippen LogP contribution is -2.27. The largest absolute Gasteiger partial charge is 0.353 e. The second-order valence-electron chi connectivity index (χ2n) is 4.75. The summed E-state index contributed by atoms with van der Waals surface area (Å²) in [6, 6.07) is 0.418. The Morgan fingerprint density at radius 3 is 2.58 bits per heavy atom. The fraction of sp³-hybridized carbons (Fsp3) is 0.692. The highest BCUT2D eigenvalue weighted by Gasteiger charge is 2.22. The monoisotopic (exact) mass is 263 g/mol. The summed E-state index contributed by atoms with van der Waals surface area (Å²) in [5.41, 5.74) is 1.92. The van der Waals surface area contributed by atoms with Crippen molar-refractivity contribution in [2.75, 3.05) is 11.9 Å². The van der Waals surface area contributed by atoms with Gasteiger partial charge in [0, 0.05) is 19.0 Å². The third-order valence-corrected chi connectivity index (χ3v) is 3.09. The molecule has 104 valence electrons. The minimum atomic E-state index is 0.0869. The van der Waals surface area contributed by atoms with Crippen molar-refractivity contribution < 1.29 is 4.79 Å². The molecule has 0 atom stereocenters. The van der Waals surface area contributed by atoms with Crippen molar-refractivity contribution in [2.24, 2.45) is 0 Å². The van der Waals surface area contributed by atoms with Crippen LogP contribution in [0.1, 0.15) is 44.5 Å². The maximum Gasteiger partial charge on any atom is 0.242 e. The molecule has 1 heterocycles. The predicted octanol–water partition coefficient (Wildman–Crippen LogP) is 1.08. The molecule has 1 saturated carbocycles. The number of rotatable bonds is 7. The highest BCUT2D eigenvalue weighted by Crippen LogP contribution is 2.18. The molecule has 0 saturated heterocycles. The fourth-order valence-electron chi connectivity index (χ4n) is 1.83. The number of hydrogen-bond acceptors (Lipinski definition) is 5. The van der Waals surface area contributed by atoms with Crippen LogP contribution in [0.3, 0.4) is 0 Å². The summed E-state index contributed by atoms with van der Waals surface area (Å²) in [5.74, 6) is 0.595. The molecule has 0 spiro atoms. The van der Waals surface area contributed by atoms with Crippen molar-refractivity contribution in [1.82, 2.24) is 20.5 Å². The number of carbonyl (C=O) groups excluding carboxylic acids is 1. The number of aromatic nitrogens is 3. The highest BCUT2D eigenvalue weighted by atomic mass is 16.1. The van der Waals surface area contributed by atoms with Crippen molar-refractivity contribution in [1.29, 1.82) is 0 Å². The molecule has 1 aromatic rings. The molecule has 1 aromatic heterocycles. The van der Waals surface area contributed by atoms with Gasteiger partial charge >= 0.3 is 0 Å². The van der Waals surface area contributed by atoms with Crippen LogP contribution >= 0.6 is 0 Å². The van der Waals surface area contributed by atoms with Gasteiger partial charge in [0.1, 0.15) is 0 Å². The van der Waals surface area contributed by atoms with Gasteiger partial charge in [-0.15, -0.1) is 5.10 Å². The average molecular weight is 263 g/mol. The first-order valence-electron chi connectivity index (χ1n) is 6.98. The zero-order chi connectivity index (χ0) is 13.7. The second kappa shape index (κ2) is 6.45. The van der Waals surface area contributed by atoms with E-state index in [0.29, 0.717) is 25.0 Å². The SMILES string of the molecule is CCc1nnc(NCCC(=O)NC2CC2)nc1CC. The summed E-state index contributed by atoms with van der Waals surface area (Å²) in [5, 5.41) is 14.2. The molecule has 2 N–H and O–H groups in total. The molecule has 6 nitrogen and oxygen atoms in total. The van der Waals surface area contributed by atoms with Gasteiger partial charge in [0.05, 0.1) is 11.4 Å². The van der Waals surface area contributed by atoms with Crippen LogP contribution in [-0.2, 0) is 17.6 Å². The van der Waals surface area contributed by atoms with Crippen molar-refractivity contribution in [3.05, 3.63) is 11.4 Å². The van der Waals surface area contributed by atoms with Crippen molar-refractivity contribution in [2.45, 2.75) is 52.0 Å². The second-order valence-corrected chi connectivity index (χ2v) is 4.75. The molecular formula is C13H21N5O. The number of nitrogens with zero attached hydrogens (tertiary/aromatic N) is 3. The molecule has 0 radical (unpaired) electrons. The molecule has 1 aliphatic rings. The maximum absolute atomic E-state index is 11.5. The van der Waals surface area contributed by atoms with Gasteiger partial charge in [-0.3, -0.25) is 4.79 Å². The summed E-state index contributed by atoms with van der Waals surface area (Å²) in [6.07, 6.45) is 4.36. The van der Waals surface area contributed by atoms with E-state index in [4.69, 9.17) is 0 Å². The average Bonchev–Trinajstić information content (AvgIpc) is 3.22. The number of aryl methyl sites for hydroxylation is 2. The van der Waals surface area contributed by atoms with Crippen LogP contribution in [0.15, 0.2) is 0 Å². The third-order valence-electron chi connectivity index (χ3n) is 3.09. The Morgan fingerprint density at radius 2 is 1.95 bits per heavy atom. The first-order chi connectivity index (χ1) is 9.22. The summed E-state index contributed by atoms with van der Waals surface area (Å²) < 4.78 is 0. The summed E-state index contributed by atoms with van der Waals surface area (Å²) in [4.78, 5) is 15.9. The molecule has 0 aromatic carbocycles. The van der Waals surface area contributed by atoms with E-state index in [1.807, 2.05) is 6.92 Å². The molecule has 1 aliphatic carbocycles. The minimum Gasteiger partial charge on any atom is -0.353 e. The number of anilines is 1. The van der Waals surface area contributed by atoms with Gasteiger partial charge < -0.3 is 10.6 Å². The van der Waals surface area contributed by atoms with E-state index in [1.54, 1.807) is 0 Å². The van der Waals surface area contributed by atoms with Gasteiger partial charge in [-0.25, -0.2) is 4.98 Å². The van der Waals surface area contributed by atoms with Gasteiger partial charge in [0.15, 0.2) is 0 Å². The van der Waals surface area contributed by atoms with Gasteiger partial charge in [-0.2, -0.15) is 5.10 Å². The lowest BCUT2D eigenvalue weighted by atomic mass is 10.2. The van der Waals surface area contributed by atoms with Crippen LogP contribution in [-0.4, -0.2) is 33.7 Å². The van der Waals surface area contributed by atoms with Gasteiger partial charge in [0.25, 0.3) is 0 Å². The van der Waals surface area contributed by atoms with E-state index >= 15 is 0 Å².